The maximum Gasteiger partial charge on any atom is 0.247 e. The lowest BCUT2D eigenvalue weighted by Crippen LogP contribution is -2.42. The zero-order valence-electron chi connectivity index (χ0n) is 10.9. The van der Waals surface area contributed by atoms with Gasteiger partial charge in [-0.1, -0.05) is 15.9 Å². The second-order valence-electron chi connectivity index (χ2n) is 4.13. The number of carbonyl (C=O) groups excluding carboxylic acids is 3. The predicted octanol–water partition coefficient (Wildman–Crippen LogP) is 0.401. The third-order valence-corrected chi connectivity index (χ3v) is 2.86. The molecular formula is C13H13BrFN3O3. The highest BCUT2D eigenvalue weighted by molar-refractivity contribution is 9.10. The second-order valence-corrected chi connectivity index (χ2v) is 5.04. The summed E-state index contributed by atoms with van der Waals surface area (Å²) in [6.45, 7) is -0.903. The van der Waals surface area contributed by atoms with Crippen LogP contribution in [0.5, 0.6) is 0 Å². The minimum absolute atomic E-state index is 0.177. The molecule has 0 saturated carbocycles. The van der Waals surface area contributed by atoms with E-state index in [0.29, 0.717) is 4.47 Å². The van der Waals surface area contributed by atoms with Crippen molar-refractivity contribution in [2.75, 3.05) is 13.1 Å². The lowest BCUT2D eigenvalue weighted by Gasteiger charge is -2.17. The quantitative estimate of drug-likeness (QED) is 0.719. The van der Waals surface area contributed by atoms with Gasteiger partial charge in [0.05, 0.1) is 0 Å². The summed E-state index contributed by atoms with van der Waals surface area (Å²) in [6, 6.07) is 4.23. The van der Waals surface area contributed by atoms with E-state index >= 15 is 0 Å². The van der Waals surface area contributed by atoms with Gasteiger partial charge >= 0.3 is 0 Å². The molecule has 8 heteroatoms. The van der Waals surface area contributed by atoms with Crippen molar-refractivity contribution in [3.63, 3.8) is 0 Å². The van der Waals surface area contributed by atoms with Crippen molar-refractivity contribution in [2.45, 2.75) is 0 Å². The number of benzene rings is 1. The summed E-state index contributed by atoms with van der Waals surface area (Å²) in [7, 11) is 0. The van der Waals surface area contributed by atoms with Crippen molar-refractivity contribution in [1.29, 1.82) is 0 Å². The average Bonchev–Trinajstić information content (AvgIpc) is 2.37. The van der Waals surface area contributed by atoms with E-state index in [1.807, 2.05) is 0 Å². The van der Waals surface area contributed by atoms with Crippen LogP contribution >= 0.6 is 15.9 Å². The van der Waals surface area contributed by atoms with E-state index in [-0.39, 0.29) is 5.56 Å². The summed E-state index contributed by atoms with van der Waals surface area (Å²) < 4.78 is 14.1. The van der Waals surface area contributed by atoms with E-state index in [4.69, 9.17) is 11.5 Å². The summed E-state index contributed by atoms with van der Waals surface area (Å²) in [5, 5.41) is 0. The standard InChI is InChI=1S/C13H13BrFN3O3/c14-9-2-3-10(15)8(5-9)1-4-13(21)18(6-11(16)19)7-12(17)20/h1-5H,6-7H2,(H2,16,19)(H2,17,20). The normalized spacial score (nSPS) is 10.6. The Hall–Kier alpha value is -2.22. The van der Waals surface area contributed by atoms with Crippen LogP contribution in [0.25, 0.3) is 6.08 Å². The number of halogens is 2. The maximum atomic E-state index is 13.5. The van der Waals surface area contributed by atoms with Crippen LogP contribution in [0.2, 0.25) is 0 Å². The predicted molar refractivity (Wildman–Crippen MR) is 78.1 cm³/mol. The number of amides is 3. The monoisotopic (exact) mass is 357 g/mol. The highest BCUT2D eigenvalue weighted by atomic mass is 79.9. The first-order valence-corrected chi connectivity index (χ1v) is 6.57. The molecular weight excluding hydrogens is 345 g/mol. The highest BCUT2D eigenvalue weighted by Crippen LogP contribution is 2.16. The molecule has 0 aliphatic carbocycles. The topological polar surface area (TPSA) is 106 Å². The molecule has 0 saturated heterocycles. The van der Waals surface area contributed by atoms with E-state index in [0.717, 1.165) is 11.0 Å². The number of hydrogen-bond donors (Lipinski definition) is 2. The van der Waals surface area contributed by atoms with E-state index in [1.165, 1.54) is 24.3 Å². The molecule has 21 heavy (non-hydrogen) atoms. The molecule has 112 valence electrons. The van der Waals surface area contributed by atoms with Crippen molar-refractivity contribution in [1.82, 2.24) is 4.90 Å². The lowest BCUT2D eigenvalue weighted by atomic mass is 10.2. The van der Waals surface area contributed by atoms with Gasteiger partial charge in [0, 0.05) is 16.1 Å². The average molecular weight is 358 g/mol. The van der Waals surface area contributed by atoms with Gasteiger partial charge in [-0.25, -0.2) is 4.39 Å². The Morgan fingerprint density at radius 3 is 2.29 bits per heavy atom. The third kappa shape index (κ3) is 5.74. The molecule has 1 rings (SSSR count). The Balaban J connectivity index is 2.89. The molecule has 0 atom stereocenters. The van der Waals surface area contributed by atoms with E-state index in [1.54, 1.807) is 0 Å². The summed E-state index contributed by atoms with van der Waals surface area (Å²) in [5.41, 5.74) is 10.1. The van der Waals surface area contributed by atoms with Gasteiger partial charge < -0.3 is 16.4 Å². The molecule has 0 bridgehead atoms. The fourth-order valence-electron chi connectivity index (χ4n) is 1.50. The molecule has 0 heterocycles. The Morgan fingerprint density at radius 2 is 1.76 bits per heavy atom. The van der Waals surface area contributed by atoms with Crippen LogP contribution < -0.4 is 11.5 Å². The van der Waals surface area contributed by atoms with E-state index < -0.39 is 36.6 Å². The largest absolute Gasteiger partial charge is 0.368 e. The van der Waals surface area contributed by atoms with Crippen LogP contribution in [-0.2, 0) is 14.4 Å². The Bertz CT molecular complexity index is 588. The molecule has 0 aliphatic heterocycles. The van der Waals surface area contributed by atoms with Gasteiger partial charge in [-0.3, -0.25) is 14.4 Å². The summed E-state index contributed by atoms with van der Waals surface area (Å²) in [4.78, 5) is 34.5. The van der Waals surface area contributed by atoms with Crippen LogP contribution in [0, 0.1) is 5.82 Å². The van der Waals surface area contributed by atoms with Crippen molar-refractivity contribution in [3.8, 4) is 0 Å². The zero-order valence-corrected chi connectivity index (χ0v) is 12.5. The first kappa shape index (κ1) is 16.8. The minimum Gasteiger partial charge on any atom is -0.368 e. The van der Waals surface area contributed by atoms with Crippen molar-refractivity contribution < 1.29 is 18.8 Å². The molecule has 0 fully saturated rings. The number of hydrogen-bond acceptors (Lipinski definition) is 3. The van der Waals surface area contributed by atoms with Crippen LogP contribution in [-0.4, -0.2) is 35.7 Å². The van der Waals surface area contributed by atoms with Gasteiger partial charge in [0.15, 0.2) is 0 Å². The molecule has 0 unspecified atom stereocenters. The Labute approximate surface area is 128 Å². The molecule has 1 aromatic rings. The van der Waals surface area contributed by atoms with Crippen molar-refractivity contribution in [2.24, 2.45) is 11.5 Å². The molecule has 0 spiro atoms. The van der Waals surface area contributed by atoms with Gasteiger partial charge in [0.2, 0.25) is 17.7 Å². The van der Waals surface area contributed by atoms with Crippen LogP contribution in [0.15, 0.2) is 28.7 Å². The SMILES string of the molecule is NC(=O)CN(CC(N)=O)C(=O)C=Cc1cc(Br)ccc1F. The van der Waals surface area contributed by atoms with Gasteiger partial charge in [0.1, 0.15) is 18.9 Å². The van der Waals surface area contributed by atoms with E-state index in [9.17, 15) is 18.8 Å². The Kier molecular flexibility index (Phi) is 6.04. The van der Waals surface area contributed by atoms with Crippen LogP contribution in [0.1, 0.15) is 5.56 Å². The molecule has 0 aromatic heterocycles. The lowest BCUT2D eigenvalue weighted by molar-refractivity contribution is -0.134. The number of nitrogens with zero attached hydrogens (tertiary/aromatic N) is 1. The maximum absolute atomic E-state index is 13.5. The van der Waals surface area contributed by atoms with Crippen molar-refractivity contribution >= 4 is 39.7 Å². The first-order chi connectivity index (χ1) is 9.79. The molecule has 4 N–H and O–H groups in total. The second kappa shape index (κ2) is 7.53. The fraction of sp³-hybridized carbons (Fsp3) is 0.154. The fourth-order valence-corrected chi connectivity index (χ4v) is 1.88. The number of nitrogens with two attached hydrogens (primary N) is 2. The minimum atomic E-state index is -0.786. The van der Waals surface area contributed by atoms with Crippen molar-refractivity contribution in [3.05, 3.63) is 40.1 Å². The molecule has 1 aromatic carbocycles. The third-order valence-electron chi connectivity index (χ3n) is 2.37. The van der Waals surface area contributed by atoms with E-state index in [2.05, 4.69) is 15.9 Å². The smallest absolute Gasteiger partial charge is 0.247 e. The summed E-state index contributed by atoms with van der Waals surface area (Å²) in [6.07, 6.45) is 2.27. The molecule has 3 amide bonds. The molecule has 0 radical (unpaired) electrons. The summed E-state index contributed by atoms with van der Waals surface area (Å²) in [5.74, 6) is -2.76. The van der Waals surface area contributed by atoms with Gasteiger partial charge in [-0.2, -0.15) is 0 Å². The van der Waals surface area contributed by atoms with Crippen LogP contribution in [0.3, 0.4) is 0 Å². The zero-order chi connectivity index (χ0) is 16.0. The number of primary amides is 2. The van der Waals surface area contributed by atoms with Gasteiger partial charge in [-0.05, 0) is 24.3 Å². The first-order valence-electron chi connectivity index (χ1n) is 5.78. The number of rotatable bonds is 6. The Morgan fingerprint density at radius 1 is 1.19 bits per heavy atom. The van der Waals surface area contributed by atoms with Crippen LogP contribution in [0.4, 0.5) is 4.39 Å². The highest BCUT2D eigenvalue weighted by Gasteiger charge is 2.15. The summed E-state index contributed by atoms with van der Waals surface area (Å²) >= 11 is 3.18. The molecule has 0 aliphatic rings. The van der Waals surface area contributed by atoms with Gasteiger partial charge in [-0.15, -0.1) is 0 Å². The number of carbonyl (C=O) groups is 3. The van der Waals surface area contributed by atoms with Gasteiger partial charge in [0.25, 0.3) is 0 Å². The molecule has 6 nitrogen and oxygen atoms in total.